The third kappa shape index (κ3) is 3.58. The Bertz CT molecular complexity index is 985. The van der Waals surface area contributed by atoms with Crippen LogP contribution in [0.15, 0.2) is 52.7 Å². The Morgan fingerprint density at radius 3 is 2.50 bits per heavy atom. The highest BCUT2D eigenvalue weighted by Crippen LogP contribution is 2.28. The molecular formula is C16H11ClFNO3S2. The maximum atomic E-state index is 13.3. The predicted molar refractivity (Wildman–Crippen MR) is 91.5 cm³/mol. The van der Waals surface area contributed by atoms with Crippen LogP contribution in [0.2, 0.25) is 5.02 Å². The first-order valence-corrected chi connectivity index (χ1v) is 9.44. The molecule has 4 nitrogen and oxygen atoms in total. The molecule has 0 saturated carbocycles. The Morgan fingerprint density at radius 2 is 1.88 bits per heavy atom. The van der Waals surface area contributed by atoms with Gasteiger partial charge in [0.05, 0.1) is 5.02 Å². The molecule has 0 radical (unpaired) electrons. The standard InChI is InChI=1S/C16H11ClFNO3S2/c1-10-9-23-16(19-10)11-2-5-13(6-3-11)22-24(20,21)15-8-12(18)4-7-14(15)17/h2-9H,1H3. The summed E-state index contributed by atoms with van der Waals surface area (Å²) in [5.74, 6) is -0.608. The number of rotatable bonds is 4. The Hall–Kier alpha value is -1.96. The van der Waals surface area contributed by atoms with Crippen molar-refractivity contribution in [3.05, 3.63) is 64.4 Å². The quantitative estimate of drug-likeness (QED) is 0.614. The molecule has 0 aliphatic rings. The van der Waals surface area contributed by atoms with E-state index in [-0.39, 0.29) is 10.8 Å². The van der Waals surface area contributed by atoms with Crippen molar-refractivity contribution >= 4 is 33.1 Å². The normalized spacial score (nSPS) is 11.5. The van der Waals surface area contributed by atoms with E-state index in [1.54, 1.807) is 12.1 Å². The SMILES string of the molecule is Cc1csc(-c2ccc(OS(=O)(=O)c3cc(F)ccc3Cl)cc2)n1. The number of hydrogen-bond acceptors (Lipinski definition) is 5. The van der Waals surface area contributed by atoms with Crippen LogP contribution >= 0.6 is 22.9 Å². The third-order valence-corrected chi connectivity index (χ3v) is 5.83. The summed E-state index contributed by atoms with van der Waals surface area (Å²) < 4.78 is 42.8. The molecule has 0 amide bonds. The minimum absolute atomic E-state index is 0.104. The van der Waals surface area contributed by atoms with Gasteiger partial charge in [0.1, 0.15) is 21.5 Å². The van der Waals surface area contributed by atoms with E-state index < -0.39 is 20.8 Å². The van der Waals surface area contributed by atoms with Crippen molar-refractivity contribution in [3.8, 4) is 16.3 Å². The second-order valence-corrected chi connectivity index (χ2v) is 7.71. The molecule has 0 aliphatic carbocycles. The number of aromatic nitrogens is 1. The number of nitrogens with zero attached hydrogens (tertiary/aromatic N) is 1. The summed E-state index contributed by atoms with van der Waals surface area (Å²) in [7, 11) is -4.22. The molecule has 0 atom stereocenters. The molecule has 0 aliphatic heterocycles. The number of aryl methyl sites for hydroxylation is 1. The lowest BCUT2D eigenvalue weighted by atomic mass is 10.2. The number of benzene rings is 2. The first kappa shape index (κ1) is 16.9. The van der Waals surface area contributed by atoms with Crippen molar-refractivity contribution in [2.45, 2.75) is 11.8 Å². The largest absolute Gasteiger partial charge is 0.379 e. The van der Waals surface area contributed by atoms with E-state index in [0.29, 0.717) is 0 Å². The lowest BCUT2D eigenvalue weighted by Crippen LogP contribution is -2.10. The van der Waals surface area contributed by atoms with Gasteiger partial charge in [0, 0.05) is 16.6 Å². The zero-order valence-electron chi connectivity index (χ0n) is 12.4. The Labute approximate surface area is 147 Å². The molecule has 3 aromatic rings. The van der Waals surface area contributed by atoms with E-state index in [0.717, 1.165) is 28.4 Å². The molecule has 0 fully saturated rings. The maximum Gasteiger partial charge on any atom is 0.340 e. The molecule has 8 heteroatoms. The highest BCUT2D eigenvalue weighted by molar-refractivity contribution is 7.87. The van der Waals surface area contributed by atoms with Gasteiger partial charge in [-0.3, -0.25) is 0 Å². The predicted octanol–water partition coefficient (Wildman–Crippen LogP) is 4.68. The van der Waals surface area contributed by atoms with Gasteiger partial charge in [-0.05, 0) is 49.4 Å². The fourth-order valence-electron chi connectivity index (χ4n) is 1.98. The molecule has 1 heterocycles. The third-order valence-electron chi connectivity index (χ3n) is 3.09. The van der Waals surface area contributed by atoms with Crippen LogP contribution in [0.5, 0.6) is 5.75 Å². The van der Waals surface area contributed by atoms with E-state index in [1.807, 2.05) is 12.3 Å². The van der Waals surface area contributed by atoms with E-state index in [2.05, 4.69) is 4.98 Å². The van der Waals surface area contributed by atoms with Gasteiger partial charge in [-0.15, -0.1) is 11.3 Å². The van der Waals surface area contributed by atoms with Gasteiger partial charge in [-0.2, -0.15) is 8.42 Å². The smallest absolute Gasteiger partial charge is 0.340 e. The van der Waals surface area contributed by atoms with Crippen LogP contribution in [-0.2, 0) is 10.1 Å². The average Bonchev–Trinajstić information content (AvgIpc) is 2.96. The van der Waals surface area contributed by atoms with Crippen molar-refractivity contribution in [2.75, 3.05) is 0 Å². The van der Waals surface area contributed by atoms with Crippen LogP contribution in [0.4, 0.5) is 4.39 Å². The number of halogens is 2. The number of hydrogen-bond donors (Lipinski definition) is 0. The van der Waals surface area contributed by atoms with E-state index in [1.165, 1.54) is 29.5 Å². The van der Waals surface area contributed by atoms with Gasteiger partial charge in [0.2, 0.25) is 0 Å². The summed E-state index contributed by atoms with van der Waals surface area (Å²) >= 11 is 7.31. The summed E-state index contributed by atoms with van der Waals surface area (Å²) in [5.41, 5.74) is 1.76. The first-order valence-electron chi connectivity index (χ1n) is 6.77. The van der Waals surface area contributed by atoms with Crippen LogP contribution in [0.25, 0.3) is 10.6 Å². The van der Waals surface area contributed by atoms with Crippen LogP contribution in [0.1, 0.15) is 5.69 Å². The second kappa shape index (κ2) is 6.51. The number of thiazole rings is 1. The van der Waals surface area contributed by atoms with Crippen LogP contribution < -0.4 is 4.18 Å². The van der Waals surface area contributed by atoms with E-state index in [4.69, 9.17) is 15.8 Å². The van der Waals surface area contributed by atoms with E-state index >= 15 is 0 Å². The lowest BCUT2D eigenvalue weighted by molar-refractivity contribution is 0.485. The highest BCUT2D eigenvalue weighted by atomic mass is 35.5. The molecule has 3 rings (SSSR count). The summed E-state index contributed by atoms with van der Waals surface area (Å²) in [4.78, 5) is 3.94. The summed E-state index contributed by atoms with van der Waals surface area (Å²) in [5, 5.41) is 2.65. The van der Waals surface area contributed by atoms with Gasteiger partial charge >= 0.3 is 10.1 Å². The van der Waals surface area contributed by atoms with Crippen molar-refractivity contribution in [3.63, 3.8) is 0 Å². The van der Waals surface area contributed by atoms with Crippen molar-refractivity contribution in [2.24, 2.45) is 0 Å². The topological polar surface area (TPSA) is 56.3 Å². The minimum Gasteiger partial charge on any atom is -0.379 e. The minimum atomic E-state index is -4.22. The van der Waals surface area contributed by atoms with Crippen LogP contribution in [0.3, 0.4) is 0 Å². The fourth-order valence-corrected chi connectivity index (χ4v) is 4.20. The van der Waals surface area contributed by atoms with Gasteiger partial charge in [-0.1, -0.05) is 11.6 Å². The van der Waals surface area contributed by atoms with Gasteiger partial charge in [-0.25, -0.2) is 9.37 Å². The summed E-state index contributed by atoms with van der Waals surface area (Å²) in [6.07, 6.45) is 0. The molecule has 0 spiro atoms. The van der Waals surface area contributed by atoms with E-state index in [9.17, 15) is 12.8 Å². The maximum absolute atomic E-state index is 13.3. The Morgan fingerprint density at radius 1 is 1.17 bits per heavy atom. The molecule has 1 aromatic heterocycles. The van der Waals surface area contributed by atoms with Crippen molar-refractivity contribution in [1.82, 2.24) is 4.98 Å². The fraction of sp³-hybridized carbons (Fsp3) is 0.0625. The van der Waals surface area contributed by atoms with Crippen LogP contribution in [0, 0.1) is 12.7 Å². The summed E-state index contributed by atoms with van der Waals surface area (Å²) in [6.45, 7) is 1.90. The molecular weight excluding hydrogens is 373 g/mol. The van der Waals surface area contributed by atoms with Gasteiger partial charge < -0.3 is 4.18 Å². The molecule has 0 unspecified atom stereocenters. The zero-order chi connectivity index (χ0) is 17.3. The van der Waals surface area contributed by atoms with Crippen molar-refractivity contribution < 1.29 is 17.0 Å². The average molecular weight is 384 g/mol. The van der Waals surface area contributed by atoms with Crippen molar-refractivity contribution in [1.29, 1.82) is 0 Å². The second-order valence-electron chi connectivity index (χ2n) is 4.93. The van der Waals surface area contributed by atoms with Gasteiger partial charge in [0.15, 0.2) is 0 Å². The molecule has 124 valence electrons. The molecule has 0 saturated heterocycles. The Balaban J connectivity index is 1.86. The molecule has 0 N–H and O–H groups in total. The molecule has 24 heavy (non-hydrogen) atoms. The Kier molecular flexibility index (Phi) is 4.58. The zero-order valence-corrected chi connectivity index (χ0v) is 14.8. The monoisotopic (exact) mass is 383 g/mol. The highest BCUT2D eigenvalue weighted by Gasteiger charge is 2.21. The van der Waals surface area contributed by atoms with Crippen LogP contribution in [-0.4, -0.2) is 13.4 Å². The first-order chi connectivity index (χ1) is 11.3. The summed E-state index contributed by atoms with van der Waals surface area (Å²) in [6, 6.07) is 9.50. The molecule has 2 aromatic carbocycles. The molecule has 0 bridgehead atoms. The van der Waals surface area contributed by atoms with Gasteiger partial charge in [0.25, 0.3) is 0 Å². The lowest BCUT2D eigenvalue weighted by Gasteiger charge is -2.09.